The van der Waals surface area contributed by atoms with Crippen molar-refractivity contribution in [3.63, 3.8) is 0 Å². The molecule has 0 amide bonds. The van der Waals surface area contributed by atoms with Crippen LogP contribution in [-0.2, 0) is 16.6 Å². The Morgan fingerprint density at radius 3 is 2.24 bits per heavy atom. The Kier molecular flexibility index (Phi) is 3.97. The molecule has 2 aromatic rings. The standard InChI is InChI=1S/C12H11F3N2O3S/c1-6-11(4-8(5-16)20-6)21(18,19)17-7-2-9(13)12(15)10(14)3-7/h2-4,17H,5,16H2,1H3. The van der Waals surface area contributed by atoms with E-state index in [2.05, 4.69) is 0 Å². The predicted octanol–water partition coefficient (Wildman–Crippen LogP) is 2.26. The summed E-state index contributed by atoms with van der Waals surface area (Å²) in [6.45, 7) is 1.40. The molecule has 21 heavy (non-hydrogen) atoms. The molecule has 0 spiro atoms. The minimum absolute atomic E-state index is 0.00381. The Labute approximate surface area is 118 Å². The van der Waals surface area contributed by atoms with E-state index in [0.29, 0.717) is 12.1 Å². The SMILES string of the molecule is Cc1oc(CN)cc1S(=O)(=O)Nc1cc(F)c(F)c(F)c1. The highest BCUT2D eigenvalue weighted by molar-refractivity contribution is 7.92. The summed E-state index contributed by atoms with van der Waals surface area (Å²) < 4.78 is 70.2. The van der Waals surface area contributed by atoms with E-state index < -0.39 is 33.2 Å². The number of nitrogens with one attached hydrogen (secondary N) is 1. The second-order valence-corrected chi connectivity index (χ2v) is 5.85. The Morgan fingerprint density at radius 1 is 1.19 bits per heavy atom. The molecular formula is C12H11F3N2O3S. The fraction of sp³-hybridized carbons (Fsp3) is 0.167. The van der Waals surface area contributed by atoms with Gasteiger partial charge in [-0.15, -0.1) is 0 Å². The van der Waals surface area contributed by atoms with Crippen LogP contribution in [0.4, 0.5) is 18.9 Å². The summed E-state index contributed by atoms with van der Waals surface area (Å²) in [5.74, 6) is -4.36. The van der Waals surface area contributed by atoms with Gasteiger partial charge in [0.2, 0.25) is 0 Å². The van der Waals surface area contributed by atoms with Gasteiger partial charge in [-0.05, 0) is 6.92 Å². The van der Waals surface area contributed by atoms with Gasteiger partial charge in [0.15, 0.2) is 17.5 Å². The molecule has 5 nitrogen and oxygen atoms in total. The Balaban J connectivity index is 2.39. The first-order chi connectivity index (χ1) is 9.74. The molecule has 1 heterocycles. The number of anilines is 1. The maximum atomic E-state index is 13.1. The number of hydrogen-bond donors (Lipinski definition) is 2. The Morgan fingerprint density at radius 2 is 1.76 bits per heavy atom. The number of furan rings is 1. The molecule has 0 saturated carbocycles. The lowest BCUT2D eigenvalue weighted by atomic mass is 10.3. The van der Waals surface area contributed by atoms with E-state index >= 15 is 0 Å². The summed E-state index contributed by atoms with van der Waals surface area (Å²) >= 11 is 0. The zero-order chi connectivity index (χ0) is 15.8. The van der Waals surface area contributed by atoms with E-state index in [9.17, 15) is 21.6 Å². The summed E-state index contributed by atoms with van der Waals surface area (Å²) in [5, 5.41) is 0. The van der Waals surface area contributed by atoms with E-state index in [4.69, 9.17) is 10.2 Å². The van der Waals surface area contributed by atoms with Gasteiger partial charge in [0.05, 0.1) is 12.2 Å². The van der Waals surface area contributed by atoms with Crippen LogP contribution in [0, 0.1) is 24.4 Å². The van der Waals surface area contributed by atoms with Crippen LogP contribution in [0.5, 0.6) is 0 Å². The van der Waals surface area contributed by atoms with Crippen LogP contribution >= 0.6 is 0 Å². The topological polar surface area (TPSA) is 85.3 Å². The van der Waals surface area contributed by atoms with Crippen LogP contribution < -0.4 is 10.5 Å². The number of nitrogens with two attached hydrogens (primary N) is 1. The van der Waals surface area contributed by atoms with Crippen LogP contribution in [0.1, 0.15) is 11.5 Å². The number of rotatable bonds is 4. The van der Waals surface area contributed by atoms with E-state index in [1.165, 1.54) is 13.0 Å². The predicted molar refractivity (Wildman–Crippen MR) is 68.5 cm³/mol. The third-order valence-electron chi connectivity index (χ3n) is 2.65. The van der Waals surface area contributed by atoms with Crippen LogP contribution in [0.3, 0.4) is 0 Å². The van der Waals surface area contributed by atoms with E-state index in [1.807, 2.05) is 4.72 Å². The van der Waals surface area contributed by atoms with E-state index in [-0.39, 0.29) is 23.0 Å². The molecule has 0 fully saturated rings. The van der Waals surface area contributed by atoms with Crippen molar-refractivity contribution in [2.24, 2.45) is 5.73 Å². The lowest BCUT2D eigenvalue weighted by Gasteiger charge is -2.07. The fourth-order valence-corrected chi connectivity index (χ4v) is 2.96. The second-order valence-electron chi connectivity index (χ2n) is 4.20. The van der Waals surface area contributed by atoms with Crippen molar-refractivity contribution >= 4 is 15.7 Å². The lowest BCUT2D eigenvalue weighted by Crippen LogP contribution is -2.14. The van der Waals surface area contributed by atoms with Crippen molar-refractivity contribution in [3.05, 3.63) is 47.2 Å². The molecule has 0 aliphatic carbocycles. The highest BCUT2D eigenvalue weighted by Crippen LogP contribution is 2.24. The summed E-state index contributed by atoms with van der Waals surface area (Å²) in [6.07, 6.45) is 0. The van der Waals surface area contributed by atoms with Crippen LogP contribution in [0.2, 0.25) is 0 Å². The highest BCUT2D eigenvalue weighted by Gasteiger charge is 2.22. The number of aryl methyl sites for hydroxylation is 1. The van der Waals surface area contributed by atoms with Gasteiger partial charge >= 0.3 is 0 Å². The first-order valence-electron chi connectivity index (χ1n) is 5.71. The van der Waals surface area contributed by atoms with Crippen LogP contribution in [-0.4, -0.2) is 8.42 Å². The minimum atomic E-state index is -4.13. The molecule has 1 aromatic heterocycles. The van der Waals surface area contributed by atoms with Crippen molar-refractivity contribution in [2.75, 3.05) is 4.72 Å². The first-order valence-corrected chi connectivity index (χ1v) is 7.19. The lowest BCUT2D eigenvalue weighted by molar-refractivity contribution is 0.448. The van der Waals surface area contributed by atoms with Gasteiger partial charge in [-0.25, -0.2) is 21.6 Å². The molecule has 114 valence electrons. The molecule has 0 bridgehead atoms. The van der Waals surface area contributed by atoms with Gasteiger partial charge in [-0.2, -0.15) is 0 Å². The monoisotopic (exact) mass is 320 g/mol. The summed E-state index contributed by atoms with van der Waals surface area (Å²) in [7, 11) is -4.13. The number of sulfonamides is 1. The van der Waals surface area contributed by atoms with E-state index in [0.717, 1.165) is 0 Å². The molecule has 3 N–H and O–H groups in total. The molecule has 1 aromatic carbocycles. The zero-order valence-electron chi connectivity index (χ0n) is 10.8. The molecule has 0 aliphatic rings. The molecule has 0 saturated heterocycles. The van der Waals surface area contributed by atoms with Gasteiger partial charge in [0.1, 0.15) is 16.4 Å². The third kappa shape index (κ3) is 3.03. The maximum absolute atomic E-state index is 13.1. The Hall–Kier alpha value is -2.00. The molecule has 0 unspecified atom stereocenters. The van der Waals surface area contributed by atoms with Crippen molar-refractivity contribution in [1.29, 1.82) is 0 Å². The average Bonchev–Trinajstić information content (AvgIpc) is 2.77. The van der Waals surface area contributed by atoms with Gasteiger partial charge in [-0.1, -0.05) is 0 Å². The largest absolute Gasteiger partial charge is 0.464 e. The van der Waals surface area contributed by atoms with Gasteiger partial charge in [0.25, 0.3) is 10.0 Å². The van der Waals surface area contributed by atoms with Crippen LogP contribution in [0.15, 0.2) is 27.5 Å². The second kappa shape index (κ2) is 5.41. The molecular weight excluding hydrogens is 309 g/mol. The fourth-order valence-electron chi connectivity index (χ4n) is 1.72. The van der Waals surface area contributed by atoms with Crippen molar-refractivity contribution in [3.8, 4) is 0 Å². The average molecular weight is 320 g/mol. The molecule has 0 atom stereocenters. The van der Waals surface area contributed by atoms with Crippen molar-refractivity contribution in [1.82, 2.24) is 0 Å². The molecule has 9 heteroatoms. The zero-order valence-corrected chi connectivity index (χ0v) is 11.6. The van der Waals surface area contributed by atoms with Gasteiger partial charge in [0, 0.05) is 18.2 Å². The summed E-state index contributed by atoms with van der Waals surface area (Å²) in [5.41, 5.74) is 4.89. The first kappa shape index (κ1) is 15.4. The molecule has 2 rings (SSSR count). The van der Waals surface area contributed by atoms with Crippen molar-refractivity contribution < 1.29 is 26.0 Å². The third-order valence-corrected chi connectivity index (χ3v) is 4.14. The molecule has 0 aliphatic heterocycles. The van der Waals surface area contributed by atoms with Crippen molar-refractivity contribution in [2.45, 2.75) is 18.4 Å². The number of benzene rings is 1. The smallest absolute Gasteiger partial charge is 0.265 e. The van der Waals surface area contributed by atoms with E-state index in [1.54, 1.807) is 0 Å². The minimum Gasteiger partial charge on any atom is -0.464 e. The molecule has 0 radical (unpaired) electrons. The summed E-state index contributed by atoms with van der Waals surface area (Å²) in [4.78, 5) is -0.215. The van der Waals surface area contributed by atoms with Gasteiger partial charge < -0.3 is 10.2 Å². The maximum Gasteiger partial charge on any atom is 0.265 e. The van der Waals surface area contributed by atoms with Crippen LogP contribution in [0.25, 0.3) is 0 Å². The van der Waals surface area contributed by atoms with Gasteiger partial charge in [-0.3, -0.25) is 4.72 Å². The normalized spacial score (nSPS) is 11.7. The summed E-state index contributed by atoms with van der Waals surface area (Å²) in [6, 6.07) is 2.28. The number of halogens is 3. The quantitative estimate of drug-likeness (QED) is 0.846. The number of hydrogen-bond acceptors (Lipinski definition) is 4. The Bertz CT molecular complexity index is 764. The highest BCUT2D eigenvalue weighted by atomic mass is 32.2.